The van der Waals surface area contributed by atoms with Gasteiger partial charge in [0.15, 0.2) is 0 Å². The summed E-state index contributed by atoms with van der Waals surface area (Å²) in [5.74, 6) is 1.34. The summed E-state index contributed by atoms with van der Waals surface area (Å²) in [6.07, 6.45) is 2.42. The minimum Gasteiger partial charge on any atom is -0.481 e. The SMILES string of the molecule is COCC(Br)Cc1nccc(OC)n1. The van der Waals surface area contributed by atoms with Gasteiger partial charge in [-0.05, 0) is 0 Å². The van der Waals surface area contributed by atoms with Crippen LogP contribution in [0.25, 0.3) is 0 Å². The Balaban J connectivity index is 2.57. The van der Waals surface area contributed by atoms with Crippen molar-refractivity contribution in [3.05, 3.63) is 18.1 Å². The van der Waals surface area contributed by atoms with E-state index in [9.17, 15) is 0 Å². The first kappa shape index (κ1) is 11.4. The Bertz CT molecular complexity index is 283. The average Bonchev–Trinajstić information content (AvgIpc) is 2.18. The van der Waals surface area contributed by atoms with Crippen LogP contribution in [-0.2, 0) is 11.2 Å². The molecule has 1 aromatic rings. The lowest BCUT2D eigenvalue weighted by molar-refractivity contribution is 0.200. The molecule has 0 aliphatic rings. The molecule has 0 aromatic carbocycles. The predicted octanol–water partition coefficient (Wildman–Crippen LogP) is 1.44. The van der Waals surface area contributed by atoms with E-state index in [1.54, 1.807) is 26.5 Å². The number of alkyl halides is 1. The van der Waals surface area contributed by atoms with Crippen molar-refractivity contribution in [2.24, 2.45) is 0 Å². The normalized spacial score (nSPS) is 12.5. The molecule has 0 fully saturated rings. The van der Waals surface area contributed by atoms with E-state index in [4.69, 9.17) is 9.47 Å². The van der Waals surface area contributed by atoms with Crippen molar-refractivity contribution in [1.29, 1.82) is 0 Å². The summed E-state index contributed by atoms with van der Waals surface area (Å²) in [6, 6.07) is 1.73. The summed E-state index contributed by atoms with van der Waals surface area (Å²) in [7, 11) is 3.26. The molecule has 0 amide bonds. The van der Waals surface area contributed by atoms with Gasteiger partial charge in [-0.1, -0.05) is 15.9 Å². The van der Waals surface area contributed by atoms with Crippen LogP contribution in [0.2, 0.25) is 0 Å². The Labute approximate surface area is 91.8 Å². The van der Waals surface area contributed by atoms with Crippen LogP contribution in [0.5, 0.6) is 5.88 Å². The quantitative estimate of drug-likeness (QED) is 0.752. The largest absolute Gasteiger partial charge is 0.481 e. The molecule has 1 rings (SSSR count). The molecule has 4 nitrogen and oxygen atoms in total. The second kappa shape index (κ2) is 5.93. The van der Waals surface area contributed by atoms with Gasteiger partial charge in [-0.2, -0.15) is 4.98 Å². The lowest BCUT2D eigenvalue weighted by Gasteiger charge is -2.07. The van der Waals surface area contributed by atoms with Crippen molar-refractivity contribution in [1.82, 2.24) is 9.97 Å². The molecular formula is C9H13BrN2O2. The predicted molar refractivity (Wildman–Crippen MR) is 56.9 cm³/mol. The number of methoxy groups -OCH3 is 2. The summed E-state index contributed by atoms with van der Waals surface area (Å²) in [6.45, 7) is 0.639. The molecule has 1 aromatic heterocycles. The molecule has 14 heavy (non-hydrogen) atoms. The molecular weight excluding hydrogens is 248 g/mol. The van der Waals surface area contributed by atoms with Crippen molar-refractivity contribution in [2.45, 2.75) is 11.2 Å². The Morgan fingerprint density at radius 3 is 2.93 bits per heavy atom. The fourth-order valence-electron chi connectivity index (χ4n) is 1.03. The summed E-state index contributed by atoms with van der Waals surface area (Å²) in [4.78, 5) is 8.56. The van der Waals surface area contributed by atoms with Crippen LogP contribution in [0.3, 0.4) is 0 Å². The fourth-order valence-corrected chi connectivity index (χ4v) is 1.58. The Kier molecular flexibility index (Phi) is 4.82. The zero-order valence-corrected chi connectivity index (χ0v) is 9.82. The maximum atomic E-state index is 5.00. The third-order valence-corrected chi connectivity index (χ3v) is 2.23. The van der Waals surface area contributed by atoms with Crippen LogP contribution in [0.1, 0.15) is 5.82 Å². The highest BCUT2D eigenvalue weighted by Gasteiger charge is 2.07. The van der Waals surface area contributed by atoms with E-state index in [0.717, 1.165) is 12.2 Å². The number of aromatic nitrogens is 2. The molecule has 0 saturated heterocycles. The Morgan fingerprint density at radius 2 is 2.29 bits per heavy atom. The van der Waals surface area contributed by atoms with E-state index in [0.29, 0.717) is 12.5 Å². The highest BCUT2D eigenvalue weighted by atomic mass is 79.9. The van der Waals surface area contributed by atoms with Crippen LogP contribution in [0.15, 0.2) is 12.3 Å². The van der Waals surface area contributed by atoms with Crippen molar-refractivity contribution < 1.29 is 9.47 Å². The highest BCUT2D eigenvalue weighted by molar-refractivity contribution is 9.09. The van der Waals surface area contributed by atoms with Gasteiger partial charge in [-0.3, -0.25) is 0 Å². The number of halogens is 1. The number of hydrogen-bond donors (Lipinski definition) is 0. The molecule has 0 N–H and O–H groups in total. The van der Waals surface area contributed by atoms with Crippen molar-refractivity contribution in [3.8, 4) is 5.88 Å². The molecule has 5 heteroatoms. The van der Waals surface area contributed by atoms with Crippen LogP contribution in [0, 0.1) is 0 Å². The van der Waals surface area contributed by atoms with Crippen LogP contribution in [0.4, 0.5) is 0 Å². The summed E-state index contributed by atoms with van der Waals surface area (Å²) < 4.78 is 10.00. The summed E-state index contributed by atoms with van der Waals surface area (Å²) in [5.41, 5.74) is 0. The number of rotatable bonds is 5. The molecule has 0 saturated carbocycles. The lowest BCUT2D eigenvalue weighted by atomic mass is 10.3. The monoisotopic (exact) mass is 260 g/mol. The van der Waals surface area contributed by atoms with Gasteiger partial charge in [0.2, 0.25) is 5.88 Å². The lowest BCUT2D eigenvalue weighted by Crippen LogP contribution is -2.12. The molecule has 1 atom stereocenters. The molecule has 0 aliphatic heterocycles. The van der Waals surface area contributed by atoms with Crippen molar-refractivity contribution in [2.75, 3.05) is 20.8 Å². The number of hydrogen-bond acceptors (Lipinski definition) is 4. The second-order valence-corrected chi connectivity index (χ2v) is 4.07. The van der Waals surface area contributed by atoms with Gasteiger partial charge in [0.05, 0.1) is 13.7 Å². The van der Waals surface area contributed by atoms with E-state index in [-0.39, 0.29) is 4.83 Å². The van der Waals surface area contributed by atoms with Crippen LogP contribution in [-0.4, -0.2) is 35.6 Å². The van der Waals surface area contributed by atoms with E-state index in [1.165, 1.54) is 0 Å². The van der Waals surface area contributed by atoms with Crippen molar-refractivity contribution >= 4 is 15.9 Å². The maximum absolute atomic E-state index is 5.00. The maximum Gasteiger partial charge on any atom is 0.216 e. The second-order valence-electron chi connectivity index (χ2n) is 2.77. The third kappa shape index (κ3) is 3.59. The smallest absolute Gasteiger partial charge is 0.216 e. The van der Waals surface area contributed by atoms with Gasteiger partial charge >= 0.3 is 0 Å². The molecule has 0 aliphatic carbocycles. The van der Waals surface area contributed by atoms with Crippen LogP contribution >= 0.6 is 15.9 Å². The Hall–Kier alpha value is -0.680. The van der Waals surface area contributed by atoms with Gasteiger partial charge in [0.25, 0.3) is 0 Å². The van der Waals surface area contributed by atoms with E-state index in [1.807, 2.05) is 0 Å². The van der Waals surface area contributed by atoms with E-state index < -0.39 is 0 Å². The zero-order chi connectivity index (χ0) is 10.4. The first-order chi connectivity index (χ1) is 6.76. The molecule has 1 unspecified atom stereocenters. The summed E-state index contributed by atoms with van der Waals surface area (Å²) >= 11 is 3.48. The van der Waals surface area contributed by atoms with Crippen molar-refractivity contribution in [3.63, 3.8) is 0 Å². The first-order valence-corrected chi connectivity index (χ1v) is 5.16. The minimum atomic E-state index is 0.236. The van der Waals surface area contributed by atoms with E-state index >= 15 is 0 Å². The fraction of sp³-hybridized carbons (Fsp3) is 0.556. The molecule has 0 bridgehead atoms. The number of ether oxygens (including phenoxy) is 2. The first-order valence-electron chi connectivity index (χ1n) is 4.25. The highest BCUT2D eigenvalue weighted by Crippen LogP contribution is 2.09. The molecule has 0 spiro atoms. The molecule has 78 valence electrons. The van der Waals surface area contributed by atoms with Gasteiger partial charge in [-0.25, -0.2) is 4.98 Å². The van der Waals surface area contributed by atoms with Gasteiger partial charge in [0.1, 0.15) is 5.82 Å². The molecule has 1 heterocycles. The van der Waals surface area contributed by atoms with Crippen LogP contribution < -0.4 is 4.74 Å². The standard InChI is InChI=1S/C9H13BrN2O2/c1-13-6-7(10)5-8-11-4-3-9(12-8)14-2/h3-4,7H,5-6H2,1-2H3. The average molecular weight is 261 g/mol. The van der Waals surface area contributed by atoms with E-state index in [2.05, 4.69) is 25.9 Å². The van der Waals surface area contributed by atoms with Gasteiger partial charge in [-0.15, -0.1) is 0 Å². The van der Waals surface area contributed by atoms with Gasteiger partial charge in [0, 0.05) is 30.6 Å². The Morgan fingerprint density at radius 1 is 1.50 bits per heavy atom. The number of nitrogens with zero attached hydrogens (tertiary/aromatic N) is 2. The summed E-state index contributed by atoms with van der Waals surface area (Å²) in [5, 5.41) is 0. The zero-order valence-electron chi connectivity index (χ0n) is 8.24. The topological polar surface area (TPSA) is 44.2 Å². The van der Waals surface area contributed by atoms with Gasteiger partial charge < -0.3 is 9.47 Å². The minimum absolute atomic E-state index is 0.236. The molecule has 0 radical (unpaired) electrons. The third-order valence-electron chi connectivity index (χ3n) is 1.64.